The van der Waals surface area contributed by atoms with E-state index in [1.165, 1.54) is 6.42 Å². The molecule has 0 aliphatic carbocycles. The predicted octanol–water partition coefficient (Wildman–Crippen LogP) is 1.95. The Bertz CT molecular complexity index is 663. The van der Waals surface area contributed by atoms with Crippen molar-refractivity contribution in [2.75, 3.05) is 18.0 Å². The van der Waals surface area contributed by atoms with E-state index in [1.807, 2.05) is 23.1 Å². The maximum Gasteiger partial charge on any atom is 0.246 e. The van der Waals surface area contributed by atoms with Gasteiger partial charge in [-0.25, -0.2) is 4.98 Å². The predicted molar refractivity (Wildman–Crippen MR) is 85.0 cm³/mol. The molecule has 1 amide bonds. The highest BCUT2D eigenvalue weighted by Crippen LogP contribution is 2.28. The van der Waals surface area contributed by atoms with Gasteiger partial charge in [0.25, 0.3) is 0 Å². The minimum absolute atomic E-state index is 0. The molecular formula is C15H19ClN4O. The number of aromatic nitrogens is 2. The van der Waals surface area contributed by atoms with Crippen LogP contribution in [0.3, 0.4) is 0 Å². The third-order valence-corrected chi connectivity index (χ3v) is 4.30. The Kier molecular flexibility index (Phi) is 3.87. The van der Waals surface area contributed by atoms with E-state index in [4.69, 9.17) is 0 Å². The number of nitrogens with one attached hydrogen (secondary N) is 1. The van der Waals surface area contributed by atoms with Gasteiger partial charge in [-0.2, -0.15) is 0 Å². The number of anilines is 1. The van der Waals surface area contributed by atoms with E-state index < -0.39 is 0 Å². The lowest BCUT2D eigenvalue weighted by atomic mass is 10.0. The maximum atomic E-state index is 12.7. The summed E-state index contributed by atoms with van der Waals surface area (Å²) >= 11 is 0. The van der Waals surface area contributed by atoms with Crippen molar-refractivity contribution < 1.29 is 4.79 Å². The van der Waals surface area contributed by atoms with Crippen molar-refractivity contribution >= 4 is 35.3 Å². The molecule has 2 aromatic rings. The second-order valence-corrected chi connectivity index (χ2v) is 5.54. The molecular weight excluding hydrogens is 288 g/mol. The van der Waals surface area contributed by atoms with Crippen LogP contribution in [0.15, 0.2) is 24.3 Å². The fraction of sp³-hybridized carbons (Fsp3) is 0.467. The highest BCUT2D eigenvalue weighted by Gasteiger charge is 2.33. The monoisotopic (exact) mass is 306 g/mol. The molecule has 6 heteroatoms. The first-order chi connectivity index (χ1) is 9.84. The minimum atomic E-state index is -0.0323. The topological polar surface area (TPSA) is 50.2 Å². The van der Waals surface area contributed by atoms with E-state index in [2.05, 4.69) is 20.9 Å². The van der Waals surface area contributed by atoms with Crippen LogP contribution in [0.25, 0.3) is 11.0 Å². The normalized spacial score (nSPS) is 21.1. The molecule has 1 fully saturated rings. The summed E-state index contributed by atoms with van der Waals surface area (Å²) in [5, 5.41) is 3.33. The number of carbonyl (C=O) groups is 1. The van der Waals surface area contributed by atoms with Gasteiger partial charge in [0.1, 0.15) is 0 Å². The molecule has 1 saturated heterocycles. The van der Waals surface area contributed by atoms with Gasteiger partial charge in [-0.1, -0.05) is 18.6 Å². The molecule has 2 aliphatic heterocycles. The van der Waals surface area contributed by atoms with Crippen molar-refractivity contribution in [2.24, 2.45) is 0 Å². The minimum Gasteiger partial charge on any atom is -0.308 e. The average Bonchev–Trinajstić information content (AvgIpc) is 3.06. The SMILES string of the molecule is Cl.O=C(C1CCCCN1)N1CCn2c1nc1ccccc12. The van der Waals surface area contributed by atoms with Gasteiger partial charge >= 0.3 is 0 Å². The molecule has 1 atom stereocenters. The Labute approximate surface area is 129 Å². The van der Waals surface area contributed by atoms with Crippen LogP contribution in [0.4, 0.5) is 5.95 Å². The van der Waals surface area contributed by atoms with Crippen molar-refractivity contribution in [3.05, 3.63) is 24.3 Å². The Morgan fingerprint density at radius 3 is 2.90 bits per heavy atom. The first-order valence-corrected chi connectivity index (χ1v) is 7.34. The highest BCUT2D eigenvalue weighted by atomic mass is 35.5. The summed E-state index contributed by atoms with van der Waals surface area (Å²) < 4.78 is 2.15. The molecule has 1 aromatic heterocycles. The third-order valence-electron chi connectivity index (χ3n) is 4.30. The van der Waals surface area contributed by atoms with Gasteiger partial charge in [-0.15, -0.1) is 12.4 Å². The van der Waals surface area contributed by atoms with Crippen LogP contribution >= 0.6 is 12.4 Å². The number of hydrogen-bond acceptors (Lipinski definition) is 3. The number of fused-ring (bicyclic) bond motifs is 3. The quantitative estimate of drug-likeness (QED) is 0.876. The second kappa shape index (κ2) is 5.66. The Balaban J connectivity index is 0.00000132. The van der Waals surface area contributed by atoms with Gasteiger partial charge < -0.3 is 9.88 Å². The number of carbonyl (C=O) groups excluding carboxylic acids is 1. The Morgan fingerprint density at radius 2 is 2.10 bits per heavy atom. The smallest absolute Gasteiger partial charge is 0.246 e. The van der Waals surface area contributed by atoms with E-state index in [0.29, 0.717) is 0 Å². The zero-order chi connectivity index (χ0) is 13.5. The number of imidazole rings is 1. The van der Waals surface area contributed by atoms with Gasteiger partial charge in [0.05, 0.1) is 17.1 Å². The highest BCUT2D eigenvalue weighted by molar-refractivity contribution is 5.98. The molecule has 0 spiro atoms. The molecule has 2 aliphatic rings. The van der Waals surface area contributed by atoms with Crippen LogP contribution in [0.1, 0.15) is 19.3 Å². The largest absolute Gasteiger partial charge is 0.308 e. The summed E-state index contributed by atoms with van der Waals surface area (Å²) in [6, 6.07) is 8.04. The number of rotatable bonds is 1. The zero-order valence-corrected chi connectivity index (χ0v) is 12.6. The molecule has 4 rings (SSSR count). The lowest BCUT2D eigenvalue weighted by Crippen LogP contribution is -2.48. The average molecular weight is 307 g/mol. The summed E-state index contributed by atoms with van der Waals surface area (Å²) in [7, 11) is 0. The number of amides is 1. The summed E-state index contributed by atoms with van der Waals surface area (Å²) in [5.74, 6) is 0.988. The molecule has 0 radical (unpaired) electrons. The van der Waals surface area contributed by atoms with Crippen LogP contribution in [0.2, 0.25) is 0 Å². The fourth-order valence-corrected chi connectivity index (χ4v) is 3.25. The van der Waals surface area contributed by atoms with Gasteiger partial charge in [-0.05, 0) is 31.5 Å². The number of piperidine rings is 1. The van der Waals surface area contributed by atoms with Crippen LogP contribution in [-0.2, 0) is 11.3 Å². The maximum absolute atomic E-state index is 12.7. The fourth-order valence-electron chi connectivity index (χ4n) is 3.25. The van der Waals surface area contributed by atoms with E-state index in [0.717, 1.165) is 49.5 Å². The molecule has 1 unspecified atom stereocenters. The summed E-state index contributed by atoms with van der Waals surface area (Å²) in [4.78, 5) is 19.1. The first-order valence-electron chi connectivity index (χ1n) is 7.34. The van der Waals surface area contributed by atoms with Crippen molar-refractivity contribution in [1.82, 2.24) is 14.9 Å². The lowest BCUT2D eigenvalue weighted by Gasteiger charge is -2.26. The molecule has 3 heterocycles. The lowest BCUT2D eigenvalue weighted by molar-refractivity contribution is -0.121. The number of nitrogens with zero attached hydrogens (tertiary/aromatic N) is 3. The van der Waals surface area contributed by atoms with Gasteiger partial charge in [-0.3, -0.25) is 9.69 Å². The second-order valence-electron chi connectivity index (χ2n) is 5.54. The molecule has 0 bridgehead atoms. The summed E-state index contributed by atoms with van der Waals surface area (Å²) in [6.45, 7) is 2.53. The number of benzene rings is 1. The molecule has 21 heavy (non-hydrogen) atoms. The van der Waals surface area contributed by atoms with E-state index >= 15 is 0 Å². The van der Waals surface area contributed by atoms with E-state index in [-0.39, 0.29) is 24.4 Å². The van der Waals surface area contributed by atoms with Gasteiger partial charge in [0.15, 0.2) is 0 Å². The Hall–Kier alpha value is -1.59. The van der Waals surface area contributed by atoms with Gasteiger partial charge in [0, 0.05) is 13.1 Å². The van der Waals surface area contributed by atoms with Crippen molar-refractivity contribution in [2.45, 2.75) is 31.8 Å². The Morgan fingerprint density at radius 1 is 1.24 bits per heavy atom. The van der Waals surface area contributed by atoms with Crippen LogP contribution in [-0.4, -0.2) is 34.6 Å². The van der Waals surface area contributed by atoms with E-state index in [1.54, 1.807) is 0 Å². The van der Waals surface area contributed by atoms with Crippen molar-refractivity contribution in [3.63, 3.8) is 0 Å². The van der Waals surface area contributed by atoms with Crippen LogP contribution in [0.5, 0.6) is 0 Å². The summed E-state index contributed by atoms with van der Waals surface area (Å²) in [6.07, 6.45) is 3.24. The first kappa shape index (κ1) is 14.4. The third kappa shape index (κ3) is 2.30. The standard InChI is InChI=1S/C15H18N4O.ClH/c20-14(12-6-3-4-8-16-12)19-10-9-18-13-7-2-1-5-11(13)17-15(18)19;/h1-2,5,7,12,16H,3-4,6,8-10H2;1H. The zero-order valence-electron chi connectivity index (χ0n) is 11.8. The molecule has 0 saturated carbocycles. The summed E-state index contributed by atoms with van der Waals surface area (Å²) in [5.41, 5.74) is 2.09. The van der Waals surface area contributed by atoms with Crippen molar-refractivity contribution in [3.8, 4) is 0 Å². The van der Waals surface area contributed by atoms with Gasteiger partial charge in [0.2, 0.25) is 11.9 Å². The number of para-hydroxylation sites is 2. The van der Waals surface area contributed by atoms with E-state index in [9.17, 15) is 4.79 Å². The van der Waals surface area contributed by atoms with Crippen LogP contribution in [0, 0.1) is 0 Å². The van der Waals surface area contributed by atoms with Crippen LogP contribution < -0.4 is 10.2 Å². The molecule has 1 aromatic carbocycles. The van der Waals surface area contributed by atoms with Crippen molar-refractivity contribution in [1.29, 1.82) is 0 Å². The molecule has 112 valence electrons. The molecule has 1 N–H and O–H groups in total. The molecule has 5 nitrogen and oxygen atoms in total. The number of halogens is 1. The number of hydrogen-bond donors (Lipinski definition) is 1.